The first kappa shape index (κ1) is 19.7. The van der Waals surface area contributed by atoms with Crippen molar-refractivity contribution in [2.75, 3.05) is 13.1 Å². The van der Waals surface area contributed by atoms with Crippen LogP contribution in [0.15, 0.2) is 4.99 Å². The molecule has 0 spiro atoms. The maximum absolute atomic E-state index is 12.5. The van der Waals surface area contributed by atoms with Crippen LogP contribution in [0.5, 0.6) is 0 Å². The van der Waals surface area contributed by atoms with Gasteiger partial charge in [0, 0.05) is 13.1 Å². The Hall–Kier alpha value is -2.36. The van der Waals surface area contributed by atoms with Gasteiger partial charge < -0.3 is 33.2 Å². The fraction of sp³-hybridized carbons (Fsp3) is 0.714. The molecule has 0 radical (unpaired) electrons. The summed E-state index contributed by atoms with van der Waals surface area (Å²) < 4.78 is 0. The summed E-state index contributed by atoms with van der Waals surface area (Å²) in [6.45, 7) is 2.35. The molecule has 3 amide bonds. The number of nitrogens with two attached hydrogens (primary N) is 4. The van der Waals surface area contributed by atoms with Crippen LogP contribution in [0.2, 0.25) is 0 Å². The highest BCUT2D eigenvalue weighted by atomic mass is 16.2. The molecule has 1 fully saturated rings. The fourth-order valence-electron chi connectivity index (χ4n) is 2.54. The Balaban J connectivity index is 2.56. The van der Waals surface area contributed by atoms with Gasteiger partial charge in [-0.25, -0.2) is 0 Å². The molecule has 1 aliphatic rings. The van der Waals surface area contributed by atoms with Crippen molar-refractivity contribution in [1.29, 1.82) is 0 Å². The van der Waals surface area contributed by atoms with E-state index < -0.39 is 24.0 Å². The summed E-state index contributed by atoms with van der Waals surface area (Å²) in [7, 11) is 0. The van der Waals surface area contributed by atoms with Gasteiger partial charge in [0.2, 0.25) is 17.7 Å². The number of rotatable bonds is 8. The number of likely N-dealkylation sites (tertiary alicyclic amines) is 1. The average molecular weight is 341 g/mol. The molecular weight excluding hydrogens is 314 g/mol. The molecule has 10 nitrogen and oxygen atoms in total. The SMILES string of the molecule is C[C@@H](NC(=O)[C@@H]1CCCN1C(=O)[C@@H](N)CCCN=C(N)N)C(N)=O. The number of aliphatic imine (C=N–C) groups is 1. The molecule has 0 bridgehead atoms. The Morgan fingerprint density at radius 1 is 1.29 bits per heavy atom. The molecule has 0 unspecified atom stereocenters. The summed E-state index contributed by atoms with van der Waals surface area (Å²) in [4.78, 5) is 41.0. The highest BCUT2D eigenvalue weighted by molar-refractivity contribution is 5.92. The standard InChI is InChI=1S/C14H27N7O3/c1-8(11(16)22)20-12(23)10-5-3-7-21(10)13(24)9(15)4-2-6-19-14(17)18/h8-10H,2-7,15H2,1H3,(H2,16,22)(H,20,23)(H4,17,18,19)/t8-,9+,10+/m1/s1. The molecule has 24 heavy (non-hydrogen) atoms. The third kappa shape index (κ3) is 5.69. The molecule has 0 aromatic heterocycles. The Labute approximate surface area is 141 Å². The molecule has 1 rings (SSSR count). The van der Waals surface area contributed by atoms with E-state index in [-0.39, 0.29) is 17.8 Å². The van der Waals surface area contributed by atoms with E-state index in [0.717, 1.165) is 0 Å². The lowest BCUT2D eigenvalue weighted by Gasteiger charge is -2.27. The fourth-order valence-corrected chi connectivity index (χ4v) is 2.54. The molecular formula is C14H27N7O3. The minimum atomic E-state index is -0.789. The lowest BCUT2D eigenvalue weighted by Crippen LogP contribution is -2.54. The van der Waals surface area contributed by atoms with E-state index in [4.69, 9.17) is 22.9 Å². The first-order valence-electron chi connectivity index (χ1n) is 7.95. The van der Waals surface area contributed by atoms with Crippen LogP contribution < -0.4 is 28.3 Å². The van der Waals surface area contributed by atoms with E-state index in [1.165, 1.54) is 11.8 Å². The van der Waals surface area contributed by atoms with Gasteiger partial charge in [-0.15, -0.1) is 0 Å². The van der Waals surface area contributed by atoms with Gasteiger partial charge in [-0.3, -0.25) is 19.4 Å². The zero-order chi connectivity index (χ0) is 18.3. The maximum atomic E-state index is 12.5. The predicted octanol–water partition coefficient (Wildman–Crippen LogP) is -2.65. The first-order chi connectivity index (χ1) is 11.2. The van der Waals surface area contributed by atoms with Crippen molar-refractivity contribution in [3.63, 3.8) is 0 Å². The molecule has 3 atom stereocenters. The van der Waals surface area contributed by atoms with Gasteiger partial charge in [-0.2, -0.15) is 0 Å². The van der Waals surface area contributed by atoms with Crippen LogP contribution in [-0.2, 0) is 14.4 Å². The summed E-state index contributed by atoms with van der Waals surface area (Å²) in [5.74, 6) is -1.31. The molecule has 1 heterocycles. The molecule has 1 aliphatic heterocycles. The van der Waals surface area contributed by atoms with Crippen molar-refractivity contribution in [2.24, 2.45) is 27.9 Å². The number of hydrogen-bond donors (Lipinski definition) is 5. The number of amides is 3. The lowest BCUT2D eigenvalue weighted by atomic mass is 10.1. The van der Waals surface area contributed by atoms with Gasteiger partial charge in [-0.05, 0) is 32.6 Å². The van der Waals surface area contributed by atoms with Gasteiger partial charge in [0.05, 0.1) is 6.04 Å². The minimum Gasteiger partial charge on any atom is -0.370 e. The number of carbonyl (C=O) groups is 3. The second-order valence-electron chi connectivity index (χ2n) is 5.88. The van der Waals surface area contributed by atoms with Crippen molar-refractivity contribution < 1.29 is 14.4 Å². The van der Waals surface area contributed by atoms with E-state index in [1.807, 2.05) is 0 Å². The third-order valence-corrected chi connectivity index (χ3v) is 3.91. The van der Waals surface area contributed by atoms with Crippen LogP contribution in [0.25, 0.3) is 0 Å². The monoisotopic (exact) mass is 341 g/mol. The second kappa shape index (κ2) is 9.06. The van der Waals surface area contributed by atoms with Gasteiger partial charge in [-0.1, -0.05) is 0 Å². The average Bonchev–Trinajstić information content (AvgIpc) is 2.99. The van der Waals surface area contributed by atoms with E-state index in [1.54, 1.807) is 0 Å². The lowest BCUT2D eigenvalue weighted by molar-refractivity contribution is -0.140. The van der Waals surface area contributed by atoms with Crippen LogP contribution in [-0.4, -0.2) is 59.8 Å². The van der Waals surface area contributed by atoms with Crippen molar-refractivity contribution in [3.8, 4) is 0 Å². The van der Waals surface area contributed by atoms with Gasteiger partial charge >= 0.3 is 0 Å². The van der Waals surface area contributed by atoms with E-state index >= 15 is 0 Å². The summed E-state index contributed by atoms with van der Waals surface area (Å²) in [6, 6.07) is -2.13. The number of nitrogens with zero attached hydrogens (tertiary/aromatic N) is 2. The van der Waals surface area contributed by atoms with Crippen LogP contribution in [0, 0.1) is 0 Å². The van der Waals surface area contributed by atoms with E-state index in [2.05, 4.69) is 10.3 Å². The van der Waals surface area contributed by atoms with Gasteiger partial charge in [0.15, 0.2) is 5.96 Å². The molecule has 0 saturated carbocycles. The summed E-state index contributed by atoms with van der Waals surface area (Å²) in [5.41, 5.74) is 21.5. The van der Waals surface area contributed by atoms with Gasteiger partial charge in [0.25, 0.3) is 0 Å². The number of primary amides is 1. The van der Waals surface area contributed by atoms with Crippen molar-refractivity contribution in [1.82, 2.24) is 10.2 Å². The van der Waals surface area contributed by atoms with Crippen molar-refractivity contribution in [2.45, 2.75) is 50.7 Å². The molecule has 1 saturated heterocycles. The molecule has 0 aliphatic carbocycles. The number of guanidine groups is 1. The quantitative estimate of drug-likeness (QED) is 0.182. The highest BCUT2D eigenvalue weighted by Gasteiger charge is 2.36. The third-order valence-electron chi connectivity index (χ3n) is 3.91. The molecule has 0 aromatic carbocycles. The predicted molar refractivity (Wildman–Crippen MR) is 89.4 cm³/mol. The second-order valence-corrected chi connectivity index (χ2v) is 5.88. The van der Waals surface area contributed by atoms with Crippen molar-refractivity contribution in [3.05, 3.63) is 0 Å². The topological polar surface area (TPSA) is 183 Å². The zero-order valence-corrected chi connectivity index (χ0v) is 13.9. The number of nitrogens with one attached hydrogen (secondary N) is 1. The van der Waals surface area contributed by atoms with E-state index in [0.29, 0.717) is 38.8 Å². The van der Waals surface area contributed by atoms with Crippen LogP contribution in [0.1, 0.15) is 32.6 Å². The summed E-state index contributed by atoms with van der Waals surface area (Å²) >= 11 is 0. The maximum Gasteiger partial charge on any atom is 0.243 e. The molecule has 9 N–H and O–H groups in total. The normalized spacial score (nSPS) is 19.4. The Kier molecular flexibility index (Phi) is 7.43. The number of hydrogen-bond acceptors (Lipinski definition) is 5. The Morgan fingerprint density at radius 3 is 2.54 bits per heavy atom. The minimum absolute atomic E-state index is 0.00486. The molecule has 10 heteroatoms. The van der Waals surface area contributed by atoms with Crippen LogP contribution >= 0.6 is 0 Å². The van der Waals surface area contributed by atoms with Gasteiger partial charge in [0.1, 0.15) is 12.1 Å². The first-order valence-corrected chi connectivity index (χ1v) is 7.95. The number of carbonyl (C=O) groups excluding carboxylic acids is 3. The molecule has 0 aromatic rings. The largest absolute Gasteiger partial charge is 0.370 e. The van der Waals surface area contributed by atoms with E-state index in [9.17, 15) is 14.4 Å². The van der Waals surface area contributed by atoms with Crippen molar-refractivity contribution >= 4 is 23.7 Å². The molecule has 136 valence electrons. The zero-order valence-electron chi connectivity index (χ0n) is 13.9. The highest BCUT2D eigenvalue weighted by Crippen LogP contribution is 2.19. The summed E-state index contributed by atoms with van der Waals surface area (Å²) in [5, 5.41) is 2.52. The summed E-state index contributed by atoms with van der Waals surface area (Å²) in [6.07, 6.45) is 2.21. The Morgan fingerprint density at radius 2 is 1.96 bits per heavy atom. The van der Waals surface area contributed by atoms with Crippen LogP contribution in [0.3, 0.4) is 0 Å². The Bertz CT molecular complexity index is 505. The van der Waals surface area contributed by atoms with Crippen LogP contribution in [0.4, 0.5) is 0 Å². The smallest absolute Gasteiger partial charge is 0.243 e.